The van der Waals surface area contributed by atoms with Gasteiger partial charge in [-0.15, -0.1) is 0 Å². The molecule has 4 N–H and O–H groups in total. The zero-order valence-corrected chi connectivity index (χ0v) is 25.7. The maximum absolute atomic E-state index is 13.2. The average molecular weight is 615 g/mol. The van der Waals surface area contributed by atoms with E-state index in [-0.39, 0.29) is 17.8 Å². The second-order valence-electron chi connectivity index (χ2n) is 11.1. The van der Waals surface area contributed by atoms with E-state index < -0.39 is 0 Å². The van der Waals surface area contributed by atoms with Crippen molar-refractivity contribution in [2.75, 3.05) is 43.4 Å². The van der Waals surface area contributed by atoms with Gasteiger partial charge in [0.15, 0.2) is 0 Å². The topological polar surface area (TPSA) is 115 Å². The van der Waals surface area contributed by atoms with Crippen LogP contribution in [0.3, 0.4) is 0 Å². The van der Waals surface area contributed by atoms with E-state index in [1.807, 2.05) is 30.3 Å². The van der Waals surface area contributed by atoms with Gasteiger partial charge in [0.1, 0.15) is 0 Å². The number of hydrogen-bond acceptors (Lipinski definition) is 5. The van der Waals surface area contributed by atoms with Gasteiger partial charge in [0, 0.05) is 60.1 Å². The van der Waals surface area contributed by atoms with E-state index in [9.17, 15) is 14.4 Å². The molecule has 0 bridgehead atoms. The Balaban J connectivity index is 1.25. The summed E-state index contributed by atoms with van der Waals surface area (Å²) in [6, 6.07) is 24.7. The summed E-state index contributed by atoms with van der Waals surface area (Å²) in [4.78, 5) is 45.0. The smallest absolute Gasteiger partial charge is 0.319 e. The molecule has 2 heterocycles. The summed E-state index contributed by atoms with van der Waals surface area (Å²) in [7, 11) is 0. The number of para-hydroxylation sites is 1. The van der Waals surface area contributed by atoms with Crippen molar-refractivity contribution < 1.29 is 14.4 Å². The van der Waals surface area contributed by atoms with E-state index in [0.717, 1.165) is 25.2 Å². The second-order valence-corrected chi connectivity index (χ2v) is 11.1. The first kappa shape index (κ1) is 31.9. The first-order valence-corrected chi connectivity index (χ1v) is 15.6. The van der Waals surface area contributed by atoms with Crippen molar-refractivity contribution in [2.24, 2.45) is 0 Å². The SMILES string of the molecule is O=C(NCCc1cccnc1)Nc1ccc(C(=O)Nc2ccccc2)c(C#Cc2ccc(C(=O)NCCN3CCCCC3)cc2)c1. The summed E-state index contributed by atoms with van der Waals surface area (Å²) < 4.78 is 0. The van der Waals surface area contributed by atoms with Crippen molar-refractivity contribution in [1.29, 1.82) is 0 Å². The molecule has 46 heavy (non-hydrogen) atoms. The number of anilines is 2. The molecular formula is C37H38N6O3. The van der Waals surface area contributed by atoms with Gasteiger partial charge < -0.3 is 26.2 Å². The molecule has 4 aromatic rings. The van der Waals surface area contributed by atoms with Crippen LogP contribution in [0.4, 0.5) is 16.2 Å². The number of carbonyl (C=O) groups is 3. The quantitative estimate of drug-likeness (QED) is 0.181. The molecule has 1 aliphatic heterocycles. The molecule has 1 fully saturated rings. The third-order valence-electron chi connectivity index (χ3n) is 7.63. The van der Waals surface area contributed by atoms with Crippen LogP contribution in [0, 0.1) is 11.8 Å². The number of benzene rings is 3. The summed E-state index contributed by atoms with van der Waals surface area (Å²) in [5.74, 6) is 5.76. The number of urea groups is 1. The van der Waals surface area contributed by atoms with Crippen LogP contribution in [0.5, 0.6) is 0 Å². The lowest BCUT2D eigenvalue weighted by atomic mass is 10.0. The third kappa shape index (κ3) is 9.78. The molecule has 1 aromatic heterocycles. The molecule has 0 saturated carbocycles. The van der Waals surface area contributed by atoms with E-state index in [1.54, 1.807) is 67.0 Å². The van der Waals surface area contributed by atoms with Crippen LogP contribution in [0.2, 0.25) is 0 Å². The van der Waals surface area contributed by atoms with Gasteiger partial charge in [-0.1, -0.05) is 42.5 Å². The van der Waals surface area contributed by atoms with Gasteiger partial charge in [0.2, 0.25) is 0 Å². The Morgan fingerprint density at radius 1 is 0.739 bits per heavy atom. The summed E-state index contributed by atoms with van der Waals surface area (Å²) in [6.45, 7) is 4.10. The molecular weight excluding hydrogens is 576 g/mol. The lowest BCUT2D eigenvalue weighted by molar-refractivity contribution is 0.0945. The number of piperidine rings is 1. The van der Waals surface area contributed by atoms with Crippen LogP contribution in [0.15, 0.2) is 97.3 Å². The van der Waals surface area contributed by atoms with Gasteiger partial charge in [0.05, 0.1) is 5.56 Å². The largest absolute Gasteiger partial charge is 0.351 e. The first-order chi connectivity index (χ1) is 22.5. The number of rotatable bonds is 10. The third-order valence-corrected chi connectivity index (χ3v) is 7.63. The number of amides is 4. The number of likely N-dealkylation sites (tertiary alicyclic amines) is 1. The lowest BCUT2D eigenvalue weighted by Gasteiger charge is -2.26. The van der Waals surface area contributed by atoms with Gasteiger partial charge in [-0.25, -0.2) is 4.79 Å². The van der Waals surface area contributed by atoms with E-state index in [1.165, 1.54) is 19.3 Å². The lowest BCUT2D eigenvalue weighted by Crippen LogP contribution is -2.37. The van der Waals surface area contributed by atoms with E-state index in [0.29, 0.717) is 53.1 Å². The number of carbonyl (C=O) groups excluding carboxylic acids is 3. The standard InChI is InChI=1S/C37H38N6O3/c44-35(39-22-25-43-23-5-2-6-24-43)30-14-11-28(12-15-30)13-16-31-26-33(42-37(46)40-21-19-29-8-7-20-38-27-29)17-18-34(31)36(45)41-32-9-3-1-4-10-32/h1,3-4,7-12,14-15,17-18,20,26-27H,2,5-6,19,21-25H2,(H,39,44)(H,41,45)(H2,40,42,46). The van der Waals surface area contributed by atoms with Crippen LogP contribution in [-0.2, 0) is 6.42 Å². The maximum Gasteiger partial charge on any atom is 0.319 e. The van der Waals surface area contributed by atoms with E-state index >= 15 is 0 Å². The van der Waals surface area contributed by atoms with Gasteiger partial charge in [-0.05, 0) is 98.6 Å². The Morgan fingerprint density at radius 3 is 2.30 bits per heavy atom. The molecule has 0 radical (unpaired) electrons. The average Bonchev–Trinajstić information content (AvgIpc) is 3.09. The van der Waals surface area contributed by atoms with Gasteiger partial charge in [-0.2, -0.15) is 0 Å². The van der Waals surface area contributed by atoms with E-state index in [4.69, 9.17) is 0 Å². The molecule has 1 saturated heterocycles. The molecule has 234 valence electrons. The van der Waals surface area contributed by atoms with Crippen molar-refractivity contribution in [3.63, 3.8) is 0 Å². The molecule has 9 heteroatoms. The number of nitrogens with zero attached hydrogens (tertiary/aromatic N) is 2. The molecule has 5 rings (SSSR count). The predicted octanol–water partition coefficient (Wildman–Crippen LogP) is 5.31. The van der Waals surface area contributed by atoms with Gasteiger partial charge in [-0.3, -0.25) is 14.6 Å². The van der Waals surface area contributed by atoms with Crippen molar-refractivity contribution in [2.45, 2.75) is 25.7 Å². The molecule has 0 unspecified atom stereocenters. The van der Waals surface area contributed by atoms with Crippen LogP contribution in [0.25, 0.3) is 0 Å². The fourth-order valence-corrected chi connectivity index (χ4v) is 5.14. The van der Waals surface area contributed by atoms with Crippen LogP contribution in [0.1, 0.15) is 56.7 Å². The van der Waals surface area contributed by atoms with Gasteiger partial charge >= 0.3 is 6.03 Å². The van der Waals surface area contributed by atoms with Crippen LogP contribution >= 0.6 is 0 Å². The monoisotopic (exact) mass is 614 g/mol. The molecule has 3 aromatic carbocycles. The maximum atomic E-state index is 13.2. The number of aromatic nitrogens is 1. The molecule has 9 nitrogen and oxygen atoms in total. The Hall–Kier alpha value is -5.46. The highest BCUT2D eigenvalue weighted by Gasteiger charge is 2.14. The summed E-state index contributed by atoms with van der Waals surface area (Å²) >= 11 is 0. The first-order valence-electron chi connectivity index (χ1n) is 15.6. The summed E-state index contributed by atoms with van der Waals surface area (Å²) in [5, 5.41) is 11.6. The normalized spacial score (nSPS) is 12.7. The van der Waals surface area contributed by atoms with E-state index in [2.05, 4.69) is 43.0 Å². The van der Waals surface area contributed by atoms with Crippen molar-refractivity contribution in [1.82, 2.24) is 20.5 Å². The Morgan fingerprint density at radius 2 is 1.54 bits per heavy atom. The second kappa shape index (κ2) is 16.6. The zero-order chi connectivity index (χ0) is 32.0. The highest BCUT2D eigenvalue weighted by molar-refractivity contribution is 6.06. The Kier molecular flexibility index (Phi) is 11.5. The number of pyridine rings is 1. The molecule has 0 atom stereocenters. The highest BCUT2D eigenvalue weighted by atomic mass is 16.2. The van der Waals surface area contributed by atoms with Crippen molar-refractivity contribution in [3.05, 3.63) is 125 Å². The zero-order valence-electron chi connectivity index (χ0n) is 25.7. The molecule has 4 amide bonds. The summed E-state index contributed by atoms with van der Waals surface area (Å²) in [5.41, 5.74) is 4.24. The summed E-state index contributed by atoms with van der Waals surface area (Å²) in [6.07, 6.45) is 7.85. The minimum atomic E-state index is -0.367. The fourth-order valence-electron chi connectivity index (χ4n) is 5.14. The fraction of sp³-hybridized carbons (Fsp3) is 0.243. The van der Waals surface area contributed by atoms with Gasteiger partial charge in [0.25, 0.3) is 11.8 Å². The number of hydrogen-bond donors (Lipinski definition) is 4. The van der Waals surface area contributed by atoms with Crippen molar-refractivity contribution in [3.8, 4) is 11.8 Å². The molecule has 0 aliphatic carbocycles. The van der Waals surface area contributed by atoms with Crippen LogP contribution in [-0.4, -0.2) is 60.5 Å². The van der Waals surface area contributed by atoms with Crippen molar-refractivity contribution >= 4 is 29.2 Å². The Bertz CT molecular complexity index is 1680. The number of nitrogens with one attached hydrogen (secondary N) is 4. The highest BCUT2D eigenvalue weighted by Crippen LogP contribution is 2.18. The predicted molar refractivity (Wildman–Crippen MR) is 181 cm³/mol. The molecule has 0 spiro atoms. The Labute approximate surface area is 269 Å². The minimum absolute atomic E-state index is 0.117. The van der Waals surface area contributed by atoms with Crippen LogP contribution < -0.4 is 21.3 Å². The molecule has 1 aliphatic rings. The minimum Gasteiger partial charge on any atom is -0.351 e.